The van der Waals surface area contributed by atoms with Crippen molar-refractivity contribution in [2.75, 3.05) is 33.4 Å². The lowest BCUT2D eigenvalue weighted by molar-refractivity contribution is -0.128. The number of hydrogen-bond donors (Lipinski definition) is 0. The van der Waals surface area contributed by atoms with Crippen LogP contribution < -0.4 is 4.74 Å². The van der Waals surface area contributed by atoms with Crippen LogP contribution in [0.2, 0.25) is 0 Å². The number of methoxy groups -OCH3 is 1. The number of benzene rings is 1. The molecule has 120 valence electrons. The summed E-state index contributed by atoms with van der Waals surface area (Å²) >= 11 is 1.58. The molecule has 0 N–H and O–H groups in total. The SMILES string of the molecule is COc1ccc(C=C(C(=O)N2CCOCC2)c2cccs2)cc1. The summed E-state index contributed by atoms with van der Waals surface area (Å²) in [5, 5.41) is 1.99. The van der Waals surface area contributed by atoms with Crippen molar-refractivity contribution in [1.82, 2.24) is 4.90 Å². The average Bonchev–Trinajstić information content (AvgIpc) is 3.15. The summed E-state index contributed by atoms with van der Waals surface area (Å²) < 4.78 is 10.5. The predicted octanol–water partition coefficient (Wildman–Crippen LogP) is 3.16. The first kappa shape index (κ1) is 15.8. The fraction of sp³-hybridized carbons (Fsp3) is 0.278. The van der Waals surface area contributed by atoms with Gasteiger partial charge >= 0.3 is 0 Å². The third kappa shape index (κ3) is 3.81. The molecule has 1 fully saturated rings. The molecule has 23 heavy (non-hydrogen) atoms. The number of rotatable bonds is 4. The van der Waals surface area contributed by atoms with E-state index in [2.05, 4.69) is 0 Å². The van der Waals surface area contributed by atoms with Gasteiger partial charge in [0.25, 0.3) is 5.91 Å². The Hall–Kier alpha value is -2.11. The zero-order valence-corrected chi connectivity index (χ0v) is 13.8. The van der Waals surface area contributed by atoms with E-state index in [9.17, 15) is 4.79 Å². The molecular formula is C18H19NO3S. The third-order valence-electron chi connectivity index (χ3n) is 3.74. The van der Waals surface area contributed by atoms with Crippen molar-refractivity contribution < 1.29 is 14.3 Å². The van der Waals surface area contributed by atoms with Gasteiger partial charge in [0.1, 0.15) is 5.75 Å². The Morgan fingerprint density at radius 3 is 2.57 bits per heavy atom. The van der Waals surface area contributed by atoms with Crippen molar-refractivity contribution in [1.29, 1.82) is 0 Å². The molecule has 0 unspecified atom stereocenters. The largest absolute Gasteiger partial charge is 0.497 e. The third-order valence-corrected chi connectivity index (χ3v) is 4.65. The van der Waals surface area contributed by atoms with Crippen molar-refractivity contribution in [2.24, 2.45) is 0 Å². The van der Waals surface area contributed by atoms with Gasteiger partial charge in [-0.3, -0.25) is 4.79 Å². The molecule has 1 amide bonds. The van der Waals surface area contributed by atoms with Crippen LogP contribution >= 0.6 is 11.3 Å². The van der Waals surface area contributed by atoms with Gasteiger partial charge < -0.3 is 14.4 Å². The maximum Gasteiger partial charge on any atom is 0.255 e. The molecule has 0 bridgehead atoms. The number of nitrogens with zero attached hydrogens (tertiary/aromatic N) is 1. The molecular weight excluding hydrogens is 310 g/mol. The monoisotopic (exact) mass is 329 g/mol. The summed E-state index contributed by atoms with van der Waals surface area (Å²) in [4.78, 5) is 15.8. The van der Waals surface area contributed by atoms with Crippen LogP contribution in [0, 0.1) is 0 Å². The van der Waals surface area contributed by atoms with E-state index in [1.807, 2.05) is 52.8 Å². The molecule has 2 heterocycles. The molecule has 5 heteroatoms. The highest BCUT2D eigenvalue weighted by molar-refractivity contribution is 7.11. The second-order valence-electron chi connectivity index (χ2n) is 5.21. The first-order valence-corrected chi connectivity index (χ1v) is 8.42. The van der Waals surface area contributed by atoms with Crippen LogP contribution in [0.5, 0.6) is 5.75 Å². The summed E-state index contributed by atoms with van der Waals surface area (Å²) in [7, 11) is 1.64. The highest BCUT2D eigenvalue weighted by atomic mass is 32.1. The fourth-order valence-corrected chi connectivity index (χ4v) is 3.21. The molecule has 1 saturated heterocycles. The lowest BCUT2D eigenvalue weighted by Gasteiger charge is -2.27. The fourth-order valence-electron chi connectivity index (χ4n) is 2.47. The minimum Gasteiger partial charge on any atom is -0.497 e. The van der Waals surface area contributed by atoms with Gasteiger partial charge in [-0.25, -0.2) is 0 Å². The van der Waals surface area contributed by atoms with Crippen molar-refractivity contribution in [3.63, 3.8) is 0 Å². The zero-order chi connectivity index (χ0) is 16.1. The molecule has 1 aromatic carbocycles. The Kier molecular flexibility index (Phi) is 5.10. The molecule has 2 aromatic rings. The van der Waals surface area contributed by atoms with E-state index in [1.165, 1.54) is 0 Å². The Bertz CT molecular complexity index is 671. The molecule has 0 atom stereocenters. The number of thiophene rings is 1. The first-order valence-electron chi connectivity index (χ1n) is 7.54. The second kappa shape index (κ2) is 7.44. The van der Waals surface area contributed by atoms with Crippen LogP contribution in [0.3, 0.4) is 0 Å². The van der Waals surface area contributed by atoms with Crippen LogP contribution in [0.1, 0.15) is 10.4 Å². The minimum atomic E-state index is 0.0616. The van der Waals surface area contributed by atoms with Crippen LogP contribution in [0.25, 0.3) is 11.6 Å². The summed E-state index contributed by atoms with van der Waals surface area (Å²) in [5.41, 5.74) is 1.71. The van der Waals surface area contributed by atoms with Crippen molar-refractivity contribution >= 4 is 28.9 Å². The smallest absolute Gasteiger partial charge is 0.255 e. The first-order chi connectivity index (χ1) is 11.3. The lowest BCUT2D eigenvalue weighted by atomic mass is 10.1. The van der Waals surface area contributed by atoms with E-state index in [0.29, 0.717) is 26.3 Å². The van der Waals surface area contributed by atoms with Gasteiger partial charge in [-0.15, -0.1) is 11.3 Å². The predicted molar refractivity (Wildman–Crippen MR) is 92.6 cm³/mol. The van der Waals surface area contributed by atoms with Crippen LogP contribution in [0.15, 0.2) is 41.8 Å². The van der Waals surface area contributed by atoms with Crippen molar-refractivity contribution in [3.8, 4) is 5.75 Å². The summed E-state index contributed by atoms with van der Waals surface area (Å²) in [6.07, 6.45) is 1.95. The maximum atomic E-state index is 12.9. The standard InChI is InChI=1S/C18H19NO3S/c1-21-15-6-4-14(5-7-15)13-16(17-3-2-12-23-17)18(20)19-8-10-22-11-9-19/h2-7,12-13H,8-11H2,1H3. The maximum absolute atomic E-state index is 12.9. The Morgan fingerprint density at radius 1 is 1.22 bits per heavy atom. The quantitative estimate of drug-likeness (QED) is 0.809. The molecule has 4 nitrogen and oxygen atoms in total. The van der Waals surface area contributed by atoms with Gasteiger partial charge in [0, 0.05) is 18.0 Å². The second-order valence-corrected chi connectivity index (χ2v) is 6.16. The minimum absolute atomic E-state index is 0.0616. The normalized spacial score (nSPS) is 15.5. The molecule has 1 aliphatic rings. The molecule has 0 aliphatic carbocycles. The van der Waals surface area contributed by atoms with E-state index in [4.69, 9.17) is 9.47 Å². The van der Waals surface area contributed by atoms with Gasteiger partial charge in [-0.2, -0.15) is 0 Å². The van der Waals surface area contributed by atoms with Crippen LogP contribution in [0.4, 0.5) is 0 Å². The Balaban J connectivity index is 1.91. The number of ether oxygens (including phenoxy) is 2. The number of carbonyl (C=O) groups excluding carboxylic acids is 1. The number of amides is 1. The molecule has 1 aliphatic heterocycles. The summed E-state index contributed by atoms with van der Waals surface area (Å²) in [6, 6.07) is 11.7. The van der Waals surface area contributed by atoms with Crippen molar-refractivity contribution in [2.45, 2.75) is 0 Å². The van der Waals surface area contributed by atoms with Gasteiger partial charge in [-0.05, 0) is 35.2 Å². The van der Waals surface area contributed by atoms with Gasteiger partial charge in [-0.1, -0.05) is 18.2 Å². The molecule has 1 aromatic heterocycles. The topological polar surface area (TPSA) is 38.8 Å². The molecule has 0 saturated carbocycles. The van der Waals surface area contributed by atoms with E-state index < -0.39 is 0 Å². The van der Waals surface area contributed by atoms with E-state index in [1.54, 1.807) is 18.4 Å². The number of hydrogen-bond acceptors (Lipinski definition) is 4. The molecule has 0 spiro atoms. The summed E-state index contributed by atoms with van der Waals surface area (Å²) in [5.74, 6) is 0.867. The van der Waals surface area contributed by atoms with Gasteiger partial charge in [0.2, 0.25) is 0 Å². The Labute approximate surface area is 140 Å². The number of carbonyl (C=O) groups is 1. The zero-order valence-electron chi connectivity index (χ0n) is 13.0. The van der Waals surface area contributed by atoms with Gasteiger partial charge in [0.05, 0.1) is 25.9 Å². The molecule has 3 rings (SSSR count). The Morgan fingerprint density at radius 2 is 1.96 bits per heavy atom. The highest BCUT2D eigenvalue weighted by Gasteiger charge is 2.22. The van der Waals surface area contributed by atoms with Gasteiger partial charge in [0.15, 0.2) is 0 Å². The van der Waals surface area contributed by atoms with E-state index >= 15 is 0 Å². The highest BCUT2D eigenvalue weighted by Crippen LogP contribution is 2.26. The van der Waals surface area contributed by atoms with Crippen molar-refractivity contribution in [3.05, 3.63) is 52.2 Å². The van der Waals surface area contributed by atoms with E-state index in [-0.39, 0.29) is 5.91 Å². The van der Waals surface area contributed by atoms with E-state index in [0.717, 1.165) is 21.8 Å². The lowest BCUT2D eigenvalue weighted by Crippen LogP contribution is -2.41. The number of morpholine rings is 1. The summed E-state index contributed by atoms with van der Waals surface area (Å²) in [6.45, 7) is 2.49. The van der Waals surface area contributed by atoms with Crippen LogP contribution in [-0.4, -0.2) is 44.2 Å². The van der Waals surface area contributed by atoms with Crippen LogP contribution in [-0.2, 0) is 9.53 Å². The molecule has 0 radical (unpaired) electrons. The average molecular weight is 329 g/mol.